The van der Waals surface area contributed by atoms with Gasteiger partial charge in [-0.25, -0.2) is 22.4 Å². The van der Waals surface area contributed by atoms with Crippen molar-refractivity contribution in [1.82, 2.24) is 34.1 Å². The number of anilines is 1. The van der Waals surface area contributed by atoms with Gasteiger partial charge in [0.25, 0.3) is 5.95 Å². The molecule has 3 aromatic heterocycles. The second-order valence-electron chi connectivity index (χ2n) is 9.82. The fourth-order valence-corrected chi connectivity index (χ4v) is 5.17. The number of carbonyl (C=O) groups is 1. The number of hydrogen-bond acceptors (Lipinski definition) is 9. The van der Waals surface area contributed by atoms with Crippen molar-refractivity contribution < 1.29 is 17.9 Å². The summed E-state index contributed by atoms with van der Waals surface area (Å²) in [7, 11) is -1.64. The molecule has 0 aliphatic carbocycles. The van der Waals surface area contributed by atoms with Gasteiger partial charge in [-0.2, -0.15) is 4.98 Å². The predicted octanol–water partition coefficient (Wildman–Crippen LogP) is 1.66. The number of nitrogens with one attached hydrogen (secondary N) is 2. The SMILES string of the molecule is CN1CCN(CCOC(=O)Nc2nc3cc(-c4cncc(S(=O)(=O)NC(C)(C)C)c4)ccn3n2)CC1. The summed E-state index contributed by atoms with van der Waals surface area (Å²) < 4.78 is 34.8. The summed E-state index contributed by atoms with van der Waals surface area (Å²) in [5, 5.41) is 6.80. The number of fused-ring (bicyclic) bond motifs is 1. The molecule has 0 atom stereocenters. The molecule has 1 aliphatic rings. The second-order valence-corrected chi connectivity index (χ2v) is 11.5. The fraction of sp³-hybridized carbons (Fsp3) is 0.478. The molecule has 0 unspecified atom stereocenters. The highest BCUT2D eigenvalue weighted by atomic mass is 32.2. The highest BCUT2D eigenvalue weighted by Gasteiger charge is 2.23. The third kappa shape index (κ3) is 6.75. The number of likely N-dealkylation sites (N-methyl/N-ethyl adjacent to an activating group) is 1. The molecule has 1 aliphatic heterocycles. The highest BCUT2D eigenvalue weighted by molar-refractivity contribution is 7.89. The Bertz CT molecular complexity index is 1330. The maximum atomic E-state index is 12.7. The number of nitrogens with zero attached hydrogens (tertiary/aromatic N) is 6. The molecule has 4 heterocycles. The van der Waals surface area contributed by atoms with Gasteiger partial charge in [0.1, 0.15) is 11.5 Å². The van der Waals surface area contributed by atoms with Crippen LogP contribution in [0.25, 0.3) is 16.8 Å². The van der Waals surface area contributed by atoms with E-state index in [2.05, 4.69) is 42.0 Å². The largest absolute Gasteiger partial charge is 0.448 e. The van der Waals surface area contributed by atoms with Crippen LogP contribution in [-0.2, 0) is 14.8 Å². The molecular weight excluding hydrogens is 484 g/mol. The quantitative estimate of drug-likeness (QED) is 0.481. The topological polar surface area (TPSA) is 134 Å². The normalized spacial score (nSPS) is 15.8. The molecule has 0 aromatic carbocycles. The molecule has 4 rings (SSSR count). The van der Waals surface area contributed by atoms with Crippen LogP contribution in [0.5, 0.6) is 0 Å². The van der Waals surface area contributed by atoms with Crippen molar-refractivity contribution >= 4 is 27.7 Å². The van der Waals surface area contributed by atoms with Gasteiger partial charge in [-0.05, 0) is 51.6 Å². The van der Waals surface area contributed by atoms with Gasteiger partial charge < -0.3 is 9.64 Å². The van der Waals surface area contributed by atoms with Gasteiger partial charge in [-0.15, -0.1) is 5.10 Å². The lowest BCUT2D eigenvalue weighted by Gasteiger charge is -2.31. The zero-order chi connectivity index (χ0) is 25.9. The standard InChI is InChI=1S/C23H32N8O4S/c1-23(2,3)28-36(33,34)19-13-18(15-24-16-19)17-5-6-31-20(14-17)25-21(27-31)26-22(32)35-12-11-30-9-7-29(4)8-10-30/h5-6,13-16,28H,7-12H2,1-4H3,(H,26,27,32). The van der Waals surface area contributed by atoms with E-state index in [0.717, 1.165) is 26.2 Å². The van der Waals surface area contributed by atoms with Crippen molar-refractivity contribution in [2.75, 3.05) is 51.7 Å². The van der Waals surface area contributed by atoms with E-state index in [9.17, 15) is 13.2 Å². The van der Waals surface area contributed by atoms with Crippen molar-refractivity contribution in [2.45, 2.75) is 31.2 Å². The zero-order valence-corrected chi connectivity index (χ0v) is 21.7. The molecule has 1 amide bonds. The monoisotopic (exact) mass is 516 g/mol. The Kier molecular flexibility index (Phi) is 7.54. The summed E-state index contributed by atoms with van der Waals surface area (Å²) in [6.45, 7) is 10.2. The van der Waals surface area contributed by atoms with Crippen molar-refractivity contribution in [3.8, 4) is 11.1 Å². The number of aromatic nitrogens is 4. The van der Waals surface area contributed by atoms with Crippen LogP contribution >= 0.6 is 0 Å². The average molecular weight is 517 g/mol. The van der Waals surface area contributed by atoms with Gasteiger partial charge in [0.2, 0.25) is 10.0 Å². The first-order valence-electron chi connectivity index (χ1n) is 11.7. The molecule has 12 nitrogen and oxygen atoms in total. The van der Waals surface area contributed by atoms with E-state index in [1.165, 1.54) is 10.7 Å². The van der Waals surface area contributed by atoms with E-state index in [1.807, 2.05) is 0 Å². The van der Waals surface area contributed by atoms with E-state index in [4.69, 9.17) is 4.74 Å². The van der Waals surface area contributed by atoms with Crippen molar-refractivity contribution in [2.24, 2.45) is 0 Å². The predicted molar refractivity (Wildman–Crippen MR) is 135 cm³/mol. The second kappa shape index (κ2) is 10.5. The molecule has 1 fully saturated rings. The van der Waals surface area contributed by atoms with Crippen LogP contribution in [-0.4, -0.2) is 95.8 Å². The Morgan fingerprint density at radius 3 is 2.58 bits per heavy atom. The van der Waals surface area contributed by atoms with Gasteiger partial charge in [0.05, 0.1) is 0 Å². The lowest BCUT2D eigenvalue weighted by Crippen LogP contribution is -2.45. The number of ether oxygens (including phenoxy) is 1. The molecule has 2 N–H and O–H groups in total. The van der Waals surface area contributed by atoms with Gasteiger partial charge in [0.15, 0.2) is 5.65 Å². The van der Waals surface area contributed by atoms with Crippen molar-refractivity contribution in [1.29, 1.82) is 0 Å². The molecule has 0 spiro atoms. The van der Waals surface area contributed by atoms with Gasteiger partial charge in [-0.3, -0.25) is 15.2 Å². The third-order valence-corrected chi connectivity index (χ3v) is 7.31. The Morgan fingerprint density at radius 2 is 1.86 bits per heavy atom. The maximum absolute atomic E-state index is 12.7. The first kappa shape index (κ1) is 25.9. The molecule has 0 bridgehead atoms. The molecule has 194 valence electrons. The van der Waals surface area contributed by atoms with Crippen LogP contribution in [0, 0.1) is 0 Å². The van der Waals surface area contributed by atoms with Crippen LogP contribution < -0.4 is 10.0 Å². The van der Waals surface area contributed by atoms with Crippen molar-refractivity contribution in [3.05, 3.63) is 36.8 Å². The summed E-state index contributed by atoms with van der Waals surface area (Å²) in [5.41, 5.74) is 1.16. The minimum atomic E-state index is -3.73. The molecule has 1 saturated heterocycles. The van der Waals surface area contributed by atoms with E-state index >= 15 is 0 Å². The molecular formula is C23H32N8O4S. The summed E-state index contributed by atoms with van der Waals surface area (Å²) in [6.07, 6.45) is 3.95. The van der Waals surface area contributed by atoms with Crippen molar-refractivity contribution in [3.63, 3.8) is 0 Å². The van der Waals surface area contributed by atoms with Crippen LogP contribution in [0.15, 0.2) is 41.7 Å². The Labute approximate surface area is 210 Å². The number of hydrogen-bond donors (Lipinski definition) is 2. The van der Waals surface area contributed by atoms with E-state index in [0.29, 0.717) is 23.3 Å². The third-order valence-electron chi connectivity index (χ3n) is 5.59. The number of amides is 1. The first-order valence-corrected chi connectivity index (χ1v) is 13.2. The van der Waals surface area contributed by atoms with E-state index in [1.54, 1.807) is 51.4 Å². The number of sulfonamides is 1. The number of pyridine rings is 2. The number of carbonyl (C=O) groups excluding carboxylic acids is 1. The molecule has 0 radical (unpaired) electrons. The molecule has 3 aromatic rings. The van der Waals surface area contributed by atoms with Crippen LogP contribution in [0.4, 0.5) is 10.7 Å². The lowest BCUT2D eigenvalue weighted by molar-refractivity contribution is 0.111. The van der Waals surface area contributed by atoms with Crippen LogP contribution in [0.1, 0.15) is 20.8 Å². The van der Waals surface area contributed by atoms with E-state index in [-0.39, 0.29) is 17.5 Å². The van der Waals surface area contributed by atoms with E-state index < -0.39 is 21.7 Å². The molecule has 13 heteroatoms. The smallest absolute Gasteiger partial charge is 0.414 e. The summed E-state index contributed by atoms with van der Waals surface area (Å²) in [6, 6.07) is 5.06. The minimum absolute atomic E-state index is 0.0675. The summed E-state index contributed by atoms with van der Waals surface area (Å²) >= 11 is 0. The zero-order valence-electron chi connectivity index (χ0n) is 20.9. The average Bonchev–Trinajstić information content (AvgIpc) is 3.20. The highest BCUT2D eigenvalue weighted by Crippen LogP contribution is 2.23. The summed E-state index contributed by atoms with van der Waals surface area (Å²) in [5.74, 6) is 0.112. The first-order chi connectivity index (χ1) is 17.0. The fourth-order valence-electron chi connectivity index (χ4n) is 3.77. The van der Waals surface area contributed by atoms with Gasteiger partial charge >= 0.3 is 6.09 Å². The van der Waals surface area contributed by atoms with Crippen LogP contribution in [0.2, 0.25) is 0 Å². The maximum Gasteiger partial charge on any atom is 0.414 e. The number of rotatable bonds is 7. The summed E-state index contributed by atoms with van der Waals surface area (Å²) in [4.78, 5) is 25.2. The minimum Gasteiger partial charge on any atom is -0.448 e. The van der Waals surface area contributed by atoms with Gasteiger partial charge in [-0.1, -0.05) is 0 Å². The number of piperazine rings is 1. The molecule has 0 saturated carbocycles. The Hall–Kier alpha value is -3.13. The lowest BCUT2D eigenvalue weighted by atomic mass is 10.1. The Balaban J connectivity index is 1.40. The van der Waals surface area contributed by atoms with Crippen LogP contribution in [0.3, 0.4) is 0 Å². The van der Waals surface area contributed by atoms with Gasteiger partial charge in [0, 0.05) is 62.4 Å². The Morgan fingerprint density at radius 1 is 1.11 bits per heavy atom. The molecule has 36 heavy (non-hydrogen) atoms.